The average molecular weight is 353 g/mol. The average Bonchev–Trinajstić information content (AvgIpc) is 2.50. The van der Waals surface area contributed by atoms with Crippen molar-refractivity contribution < 1.29 is 15.0 Å². The molecule has 5 N–H and O–H groups in total. The van der Waals surface area contributed by atoms with Gasteiger partial charge in [-0.2, -0.15) is 0 Å². The van der Waals surface area contributed by atoms with Gasteiger partial charge in [-0.05, 0) is 12.1 Å². The van der Waals surface area contributed by atoms with Crippen LogP contribution in [0.15, 0.2) is 34.5 Å². The van der Waals surface area contributed by atoms with Gasteiger partial charge in [0.25, 0.3) is 5.69 Å². The van der Waals surface area contributed by atoms with Crippen molar-refractivity contribution in [3.8, 4) is 5.75 Å². The summed E-state index contributed by atoms with van der Waals surface area (Å²) in [6.07, 6.45) is 0. The van der Waals surface area contributed by atoms with Crippen LogP contribution in [-0.2, 0) is 0 Å². The second-order valence-corrected chi connectivity index (χ2v) is 4.89. The molecule has 0 unspecified atom stereocenters. The minimum atomic E-state index is -0.976. The van der Waals surface area contributed by atoms with Gasteiger partial charge in [0.05, 0.1) is 32.3 Å². The molecule has 24 heavy (non-hydrogen) atoms. The number of aromatic hydroxyl groups is 1. The second kappa shape index (κ2) is 6.34. The highest BCUT2D eigenvalue weighted by Gasteiger charge is 2.24. The number of nitro groups is 2. The van der Waals surface area contributed by atoms with E-state index in [-0.39, 0.29) is 22.1 Å². The van der Waals surface area contributed by atoms with Crippen molar-refractivity contribution in [1.29, 1.82) is 0 Å². The third kappa shape index (κ3) is 3.30. The van der Waals surface area contributed by atoms with Crippen molar-refractivity contribution in [2.45, 2.75) is 0 Å². The van der Waals surface area contributed by atoms with Gasteiger partial charge in [-0.3, -0.25) is 20.2 Å². The van der Waals surface area contributed by atoms with Crippen LogP contribution in [0.1, 0.15) is 0 Å². The number of benzene rings is 2. The molecule has 2 rings (SSSR count). The van der Waals surface area contributed by atoms with Gasteiger partial charge in [0.1, 0.15) is 11.4 Å². The van der Waals surface area contributed by atoms with Crippen LogP contribution in [0.4, 0.5) is 34.1 Å². The number of rotatable bonds is 4. The Labute approximate surface area is 138 Å². The molecule has 0 aliphatic heterocycles. The molecule has 0 heterocycles. The number of halogens is 1. The normalized spacial score (nSPS) is 10.9. The second-order valence-electron chi connectivity index (χ2n) is 4.48. The highest BCUT2D eigenvalue weighted by atomic mass is 35.5. The maximum atomic E-state index is 10.9. The molecule has 0 spiro atoms. The van der Waals surface area contributed by atoms with Crippen molar-refractivity contribution in [3.63, 3.8) is 0 Å². The van der Waals surface area contributed by atoms with Gasteiger partial charge in [0, 0.05) is 6.07 Å². The summed E-state index contributed by atoms with van der Waals surface area (Å²) in [4.78, 5) is 19.8. The molecule has 0 bridgehead atoms. The van der Waals surface area contributed by atoms with E-state index in [0.717, 1.165) is 6.07 Å². The van der Waals surface area contributed by atoms with E-state index in [2.05, 4.69) is 10.2 Å². The molecule has 0 saturated carbocycles. The Balaban J connectivity index is 2.55. The smallest absolute Gasteiger partial charge is 0.319 e. The molecule has 2 aromatic rings. The van der Waals surface area contributed by atoms with Gasteiger partial charge < -0.3 is 16.6 Å². The van der Waals surface area contributed by atoms with Gasteiger partial charge >= 0.3 is 5.69 Å². The molecule has 0 fully saturated rings. The molecule has 0 atom stereocenters. The number of nitrogen functional groups attached to an aromatic ring is 2. The maximum absolute atomic E-state index is 10.9. The standard InChI is InChI=1S/C12H9ClN6O5/c13-6-3-9(8(15)4-7(6)14)16-17-10-1-5(18(21)22)2-11(12(10)20)19(23)24/h1-4,20H,14-15H2. The van der Waals surface area contributed by atoms with Crippen molar-refractivity contribution in [2.75, 3.05) is 11.5 Å². The number of azo groups is 1. The zero-order chi connectivity index (χ0) is 18.0. The lowest BCUT2D eigenvalue weighted by Gasteiger charge is -2.03. The van der Waals surface area contributed by atoms with E-state index in [1.807, 2.05) is 0 Å². The molecule has 0 aliphatic carbocycles. The largest absolute Gasteiger partial charge is 0.501 e. The van der Waals surface area contributed by atoms with Gasteiger partial charge in [-0.15, -0.1) is 10.2 Å². The number of nitrogens with zero attached hydrogens (tertiary/aromatic N) is 4. The predicted molar refractivity (Wildman–Crippen MR) is 85.9 cm³/mol. The fraction of sp³-hybridized carbons (Fsp3) is 0. The number of nitrogens with two attached hydrogens (primary N) is 2. The molecule has 0 amide bonds. The molecule has 0 radical (unpaired) electrons. The Morgan fingerprint density at radius 1 is 0.958 bits per heavy atom. The molecule has 0 aromatic heterocycles. The van der Waals surface area contributed by atoms with Crippen LogP contribution in [0.3, 0.4) is 0 Å². The lowest BCUT2D eigenvalue weighted by Crippen LogP contribution is -1.93. The summed E-state index contributed by atoms with van der Waals surface area (Å²) < 4.78 is 0. The van der Waals surface area contributed by atoms with Crippen LogP contribution in [0.5, 0.6) is 5.75 Å². The number of nitro benzene ring substituents is 2. The van der Waals surface area contributed by atoms with Crippen molar-refractivity contribution in [3.05, 3.63) is 49.5 Å². The van der Waals surface area contributed by atoms with Crippen molar-refractivity contribution >= 4 is 45.7 Å². The Hall–Kier alpha value is -3.47. The minimum Gasteiger partial charge on any atom is -0.501 e. The third-order valence-corrected chi connectivity index (χ3v) is 3.20. The minimum absolute atomic E-state index is 0.0720. The third-order valence-electron chi connectivity index (χ3n) is 2.87. The first-order valence-electron chi connectivity index (χ1n) is 6.12. The summed E-state index contributed by atoms with van der Waals surface area (Å²) >= 11 is 5.82. The van der Waals surface area contributed by atoms with Crippen LogP contribution in [0, 0.1) is 20.2 Å². The first kappa shape index (κ1) is 16.9. The van der Waals surface area contributed by atoms with Crippen LogP contribution in [0.2, 0.25) is 5.02 Å². The van der Waals surface area contributed by atoms with E-state index in [1.54, 1.807) is 0 Å². The quantitative estimate of drug-likeness (QED) is 0.325. The molecule has 12 heteroatoms. The lowest BCUT2D eigenvalue weighted by atomic mass is 10.2. The summed E-state index contributed by atoms with van der Waals surface area (Å²) in [7, 11) is 0. The van der Waals surface area contributed by atoms with Crippen molar-refractivity contribution in [1.82, 2.24) is 0 Å². The number of hydrogen-bond donors (Lipinski definition) is 3. The number of anilines is 2. The molecule has 0 aliphatic rings. The molecule has 2 aromatic carbocycles. The van der Waals surface area contributed by atoms with Crippen molar-refractivity contribution in [2.24, 2.45) is 10.2 Å². The van der Waals surface area contributed by atoms with E-state index in [9.17, 15) is 25.3 Å². The fourth-order valence-corrected chi connectivity index (χ4v) is 1.86. The van der Waals surface area contributed by atoms with Crippen LogP contribution >= 0.6 is 11.6 Å². The topological polar surface area (TPSA) is 183 Å². The summed E-state index contributed by atoms with van der Waals surface area (Å²) in [5.74, 6) is -0.866. The van der Waals surface area contributed by atoms with Gasteiger partial charge in [0.2, 0.25) is 5.75 Å². The number of phenols is 1. The highest BCUT2D eigenvalue weighted by Crippen LogP contribution is 2.41. The molecule has 11 nitrogen and oxygen atoms in total. The lowest BCUT2D eigenvalue weighted by molar-refractivity contribution is -0.394. The Morgan fingerprint density at radius 3 is 2.17 bits per heavy atom. The highest BCUT2D eigenvalue weighted by molar-refractivity contribution is 6.33. The van der Waals surface area contributed by atoms with Crippen LogP contribution in [-0.4, -0.2) is 15.0 Å². The first-order valence-corrected chi connectivity index (χ1v) is 6.50. The Morgan fingerprint density at radius 2 is 1.58 bits per heavy atom. The SMILES string of the molecule is Nc1cc(N)c(N=Nc2cc([N+](=O)[O-])cc([N+](=O)[O-])c2O)cc1Cl. The zero-order valence-electron chi connectivity index (χ0n) is 11.7. The summed E-state index contributed by atoms with van der Waals surface area (Å²) in [5.41, 5.74) is 9.65. The number of hydrogen-bond acceptors (Lipinski definition) is 9. The molecular weight excluding hydrogens is 344 g/mol. The number of non-ortho nitro benzene ring substituents is 1. The van der Waals surface area contributed by atoms with E-state index < -0.39 is 32.7 Å². The van der Waals surface area contributed by atoms with Gasteiger partial charge in [-0.1, -0.05) is 11.6 Å². The van der Waals surface area contributed by atoms with Gasteiger partial charge in [0.15, 0.2) is 0 Å². The number of phenolic OH excluding ortho intramolecular Hbond substituents is 1. The zero-order valence-corrected chi connectivity index (χ0v) is 12.5. The Kier molecular flexibility index (Phi) is 4.46. The fourth-order valence-electron chi connectivity index (χ4n) is 1.70. The summed E-state index contributed by atoms with van der Waals surface area (Å²) in [6.45, 7) is 0. The predicted octanol–water partition coefficient (Wildman–Crippen LogP) is 3.44. The van der Waals surface area contributed by atoms with E-state index >= 15 is 0 Å². The molecular formula is C12H9ClN6O5. The van der Waals surface area contributed by atoms with Gasteiger partial charge in [-0.25, -0.2) is 0 Å². The summed E-state index contributed by atoms with van der Waals surface area (Å²) in [6, 6.07) is 4.06. The maximum Gasteiger partial charge on any atom is 0.319 e. The molecule has 0 saturated heterocycles. The molecule has 124 valence electrons. The first-order chi connectivity index (χ1) is 11.2. The van der Waals surface area contributed by atoms with Crippen LogP contribution < -0.4 is 11.5 Å². The van der Waals surface area contributed by atoms with E-state index in [0.29, 0.717) is 6.07 Å². The Bertz CT molecular complexity index is 885. The van der Waals surface area contributed by atoms with Crippen LogP contribution in [0.25, 0.3) is 0 Å². The monoisotopic (exact) mass is 352 g/mol. The summed E-state index contributed by atoms with van der Waals surface area (Å²) in [5, 5.41) is 38.9. The van der Waals surface area contributed by atoms with E-state index in [4.69, 9.17) is 23.1 Å². The van der Waals surface area contributed by atoms with E-state index in [1.165, 1.54) is 12.1 Å².